The van der Waals surface area contributed by atoms with E-state index in [9.17, 15) is 14.9 Å². The molecule has 3 rings (SSSR count). The number of nitrogens with one attached hydrogen (secondary N) is 1. The zero-order chi connectivity index (χ0) is 23.1. The zero-order valence-electron chi connectivity index (χ0n) is 18.1. The van der Waals surface area contributed by atoms with Crippen LogP contribution in [0.15, 0.2) is 54.2 Å². The minimum absolute atomic E-state index is 0.0492. The number of carbonyl (C=O) groups is 2. The summed E-state index contributed by atoms with van der Waals surface area (Å²) in [6.45, 7) is 5.64. The molecule has 0 saturated heterocycles. The first-order chi connectivity index (χ1) is 15.4. The van der Waals surface area contributed by atoms with Crippen LogP contribution in [0.2, 0.25) is 0 Å². The van der Waals surface area contributed by atoms with Crippen LogP contribution in [0.3, 0.4) is 0 Å². The number of ketones is 1. The summed E-state index contributed by atoms with van der Waals surface area (Å²) in [5.74, 6) is -0.340. The van der Waals surface area contributed by atoms with Gasteiger partial charge in [-0.25, -0.2) is 4.79 Å². The van der Waals surface area contributed by atoms with Crippen molar-refractivity contribution in [1.29, 1.82) is 5.26 Å². The molecule has 1 aromatic carbocycles. The van der Waals surface area contributed by atoms with E-state index in [0.29, 0.717) is 34.7 Å². The summed E-state index contributed by atoms with van der Waals surface area (Å²) in [5.41, 5.74) is 2.95. The van der Waals surface area contributed by atoms with E-state index in [4.69, 9.17) is 9.47 Å². The summed E-state index contributed by atoms with van der Waals surface area (Å²) in [4.78, 5) is 32.3. The van der Waals surface area contributed by atoms with Crippen LogP contribution in [0.1, 0.15) is 50.3 Å². The average Bonchev–Trinajstić information content (AvgIpc) is 3.11. The third kappa shape index (κ3) is 5.10. The van der Waals surface area contributed by atoms with E-state index in [-0.39, 0.29) is 17.9 Å². The van der Waals surface area contributed by atoms with Gasteiger partial charge in [-0.15, -0.1) is 0 Å². The summed E-state index contributed by atoms with van der Waals surface area (Å²) >= 11 is 0. The fraction of sp³-hybridized carbons (Fsp3) is 0.200. The first kappa shape index (κ1) is 22.5. The van der Waals surface area contributed by atoms with Crippen molar-refractivity contribution < 1.29 is 19.1 Å². The summed E-state index contributed by atoms with van der Waals surface area (Å²) in [6.07, 6.45) is 3.21. The Morgan fingerprint density at radius 2 is 1.91 bits per heavy atom. The lowest BCUT2D eigenvalue weighted by Gasteiger charge is -2.06. The number of nitrogens with zero attached hydrogens (tertiary/aromatic N) is 2. The Balaban J connectivity index is 1.77. The number of hydrogen-bond acceptors (Lipinski definition) is 6. The Labute approximate surface area is 186 Å². The number of benzene rings is 1. The number of aryl methyl sites for hydroxylation is 1. The number of aromatic nitrogens is 2. The van der Waals surface area contributed by atoms with Crippen LogP contribution in [-0.4, -0.2) is 28.3 Å². The molecule has 0 atom stereocenters. The molecule has 0 spiro atoms. The van der Waals surface area contributed by atoms with Crippen molar-refractivity contribution in [3.63, 3.8) is 0 Å². The fourth-order valence-corrected chi connectivity index (χ4v) is 3.24. The second-order valence-electron chi connectivity index (χ2n) is 7.02. The molecular formula is C25H23N3O4. The van der Waals surface area contributed by atoms with Gasteiger partial charge in [-0.05, 0) is 62.2 Å². The van der Waals surface area contributed by atoms with Crippen LogP contribution < -0.4 is 4.74 Å². The van der Waals surface area contributed by atoms with Crippen LogP contribution in [0, 0.1) is 25.2 Å². The SMILES string of the molecule is CCOC(=O)c1c(C)[nH]c(C(=O)/C(C#N)=C/c2ccc(OCc3ccccn3)cc2)c1C. The molecule has 3 aromatic rings. The maximum absolute atomic E-state index is 13.0. The number of hydrogen-bond donors (Lipinski definition) is 1. The Morgan fingerprint density at radius 3 is 2.53 bits per heavy atom. The van der Waals surface area contributed by atoms with E-state index in [1.54, 1.807) is 51.2 Å². The maximum atomic E-state index is 13.0. The van der Waals surface area contributed by atoms with E-state index in [2.05, 4.69) is 9.97 Å². The number of carbonyl (C=O) groups excluding carboxylic acids is 2. The normalized spacial score (nSPS) is 11.0. The zero-order valence-corrected chi connectivity index (χ0v) is 18.1. The molecule has 0 aliphatic heterocycles. The predicted molar refractivity (Wildman–Crippen MR) is 119 cm³/mol. The number of Topliss-reactive ketones (excluding diaryl/α,β-unsaturated/α-hetero) is 1. The highest BCUT2D eigenvalue weighted by atomic mass is 16.5. The lowest BCUT2D eigenvalue weighted by Crippen LogP contribution is -2.08. The van der Waals surface area contributed by atoms with Crippen molar-refractivity contribution in [3.8, 4) is 11.8 Å². The van der Waals surface area contributed by atoms with E-state index >= 15 is 0 Å². The minimum Gasteiger partial charge on any atom is -0.487 e. The van der Waals surface area contributed by atoms with Crippen LogP contribution in [0.25, 0.3) is 6.08 Å². The Hall–Kier alpha value is -4.18. The molecule has 0 fully saturated rings. The van der Waals surface area contributed by atoms with Gasteiger partial charge in [0.15, 0.2) is 0 Å². The number of ether oxygens (including phenoxy) is 2. The molecule has 162 valence electrons. The lowest BCUT2D eigenvalue weighted by molar-refractivity contribution is 0.0525. The lowest BCUT2D eigenvalue weighted by atomic mass is 10.0. The molecule has 7 nitrogen and oxygen atoms in total. The van der Waals surface area contributed by atoms with E-state index in [1.807, 2.05) is 24.3 Å². The van der Waals surface area contributed by atoms with Crippen molar-refractivity contribution in [3.05, 3.63) is 88.0 Å². The van der Waals surface area contributed by atoms with E-state index in [0.717, 1.165) is 5.69 Å². The predicted octanol–water partition coefficient (Wildman–Crippen LogP) is 4.57. The van der Waals surface area contributed by atoms with Crippen LogP contribution in [0.4, 0.5) is 0 Å². The molecule has 0 unspecified atom stereocenters. The molecule has 0 aliphatic carbocycles. The van der Waals surface area contributed by atoms with E-state index in [1.165, 1.54) is 6.08 Å². The highest BCUT2D eigenvalue weighted by Crippen LogP contribution is 2.23. The van der Waals surface area contributed by atoms with E-state index < -0.39 is 11.8 Å². The highest BCUT2D eigenvalue weighted by Gasteiger charge is 2.24. The second kappa shape index (κ2) is 10.2. The van der Waals surface area contributed by atoms with Gasteiger partial charge in [0.05, 0.1) is 23.6 Å². The largest absolute Gasteiger partial charge is 0.487 e. The molecule has 0 amide bonds. The van der Waals surface area contributed by atoms with Gasteiger partial charge in [0.1, 0.15) is 24.0 Å². The first-order valence-electron chi connectivity index (χ1n) is 10.1. The van der Waals surface area contributed by atoms with Crippen molar-refractivity contribution in [2.24, 2.45) is 0 Å². The smallest absolute Gasteiger partial charge is 0.340 e. The molecule has 0 bridgehead atoms. The van der Waals surface area contributed by atoms with Gasteiger partial charge in [0.2, 0.25) is 5.78 Å². The summed E-state index contributed by atoms with van der Waals surface area (Å²) < 4.78 is 10.8. The quantitative estimate of drug-likeness (QED) is 0.243. The molecule has 7 heteroatoms. The molecule has 0 aliphatic rings. The van der Waals surface area contributed by atoms with Crippen molar-refractivity contribution in [1.82, 2.24) is 9.97 Å². The van der Waals surface area contributed by atoms with Gasteiger partial charge < -0.3 is 14.5 Å². The average molecular weight is 429 g/mol. The van der Waals surface area contributed by atoms with Crippen molar-refractivity contribution >= 4 is 17.8 Å². The molecule has 2 aromatic heterocycles. The molecule has 1 N–H and O–H groups in total. The summed E-state index contributed by atoms with van der Waals surface area (Å²) in [5, 5.41) is 9.57. The Bertz CT molecular complexity index is 1190. The number of allylic oxidation sites excluding steroid dienone is 1. The van der Waals surface area contributed by atoms with Gasteiger partial charge >= 0.3 is 5.97 Å². The van der Waals surface area contributed by atoms with Gasteiger partial charge in [-0.1, -0.05) is 18.2 Å². The molecule has 2 heterocycles. The van der Waals surface area contributed by atoms with Gasteiger partial charge in [-0.3, -0.25) is 9.78 Å². The third-order valence-electron chi connectivity index (χ3n) is 4.81. The van der Waals surface area contributed by atoms with Crippen LogP contribution in [0.5, 0.6) is 5.75 Å². The number of aromatic amines is 1. The second-order valence-corrected chi connectivity index (χ2v) is 7.02. The maximum Gasteiger partial charge on any atom is 0.340 e. The number of rotatable bonds is 8. The third-order valence-corrected chi connectivity index (χ3v) is 4.81. The van der Waals surface area contributed by atoms with Crippen molar-refractivity contribution in [2.45, 2.75) is 27.4 Å². The molecule has 32 heavy (non-hydrogen) atoms. The van der Waals surface area contributed by atoms with Gasteiger partial charge in [0.25, 0.3) is 0 Å². The number of esters is 1. The standard InChI is InChI=1S/C25H23N3O4/c1-4-31-25(30)22-16(2)23(28-17(22)3)24(29)19(14-26)13-18-8-10-21(11-9-18)32-15-20-7-5-6-12-27-20/h5-13,28H,4,15H2,1-3H3/b19-13+. The first-order valence-corrected chi connectivity index (χ1v) is 10.1. The van der Waals surface area contributed by atoms with Gasteiger partial charge in [0, 0.05) is 11.9 Å². The number of nitriles is 1. The Kier molecular flexibility index (Phi) is 7.19. The number of H-pyrrole nitrogens is 1. The van der Waals surface area contributed by atoms with Gasteiger partial charge in [-0.2, -0.15) is 5.26 Å². The van der Waals surface area contributed by atoms with Crippen LogP contribution >= 0.6 is 0 Å². The van der Waals surface area contributed by atoms with Crippen LogP contribution in [-0.2, 0) is 11.3 Å². The summed E-state index contributed by atoms with van der Waals surface area (Å²) in [7, 11) is 0. The topological polar surface area (TPSA) is 105 Å². The molecular weight excluding hydrogens is 406 g/mol. The fourth-order valence-electron chi connectivity index (χ4n) is 3.24. The van der Waals surface area contributed by atoms with Crippen molar-refractivity contribution in [2.75, 3.05) is 6.61 Å². The Morgan fingerprint density at radius 1 is 1.16 bits per heavy atom. The molecule has 0 saturated carbocycles. The minimum atomic E-state index is -0.499. The highest BCUT2D eigenvalue weighted by molar-refractivity contribution is 6.15. The monoisotopic (exact) mass is 429 g/mol. The molecule has 0 radical (unpaired) electrons. The number of pyridine rings is 1. The summed E-state index contributed by atoms with van der Waals surface area (Å²) in [6, 6.07) is 14.6.